The van der Waals surface area contributed by atoms with Gasteiger partial charge in [-0.3, -0.25) is 14.5 Å². The number of carbonyl (C=O) groups excluding carboxylic acids is 1. The Balaban J connectivity index is 1.36. The number of piperidine rings is 2. The maximum absolute atomic E-state index is 13.2. The summed E-state index contributed by atoms with van der Waals surface area (Å²) in [5.74, 6) is 0.397. The third-order valence-electron chi connectivity index (χ3n) is 6.78. The van der Waals surface area contributed by atoms with Gasteiger partial charge in [0.25, 0.3) is 11.5 Å². The molecule has 158 valence electrons. The fourth-order valence-corrected chi connectivity index (χ4v) is 5.31. The van der Waals surface area contributed by atoms with Gasteiger partial charge in [-0.05, 0) is 56.5 Å². The van der Waals surface area contributed by atoms with Crippen LogP contribution in [0, 0.1) is 5.92 Å². The molecular formula is C23H28N4O3. The van der Waals surface area contributed by atoms with Gasteiger partial charge in [-0.25, -0.2) is 4.98 Å². The van der Waals surface area contributed by atoms with Crippen molar-refractivity contribution in [2.45, 2.75) is 44.7 Å². The van der Waals surface area contributed by atoms with Gasteiger partial charge in [0.05, 0.1) is 6.20 Å². The molecule has 3 aliphatic rings. The van der Waals surface area contributed by atoms with Crippen molar-refractivity contribution in [3.63, 3.8) is 0 Å². The van der Waals surface area contributed by atoms with Crippen molar-refractivity contribution in [1.82, 2.24) is 19.4 Å². The molecule has 5 rings (SSSR count). The number of fused-ring (bicyclic) bond motifs is 4. The first-order chi connectivity index (χ1) is 14.6. The zero-order chi connectivity index (χ0) is 20.7. The largest absolute Gasteiger partial charge is 0.506 e. The molecule has 2 saturated heterocycles. The van der Waals surface area contributed by atoms with E-state index in [0.717, 1.165) is 37.3 Å². The van der Waals surface area contributed by atoms with E-state index in [-0.39, 0.29) is 29.1 Å². The summed E-state index contributed by atoms with van der Waals surface area (Å²) < 4.78 is 1.97. The van der Waals surface area contributed by atoms with E-state index >= 15 is 0 Å². The lowest BCUT2D eigenvalue weighted by Crippen LogP contribution is -2.49. The molecule has 0 aliphatic carbocycles. The van der Waals surface area contributed by atoms with Gasteiger partial charge in [-0.1, -0.05) is 12.5 Å². The Bertz CT molecular complexity index is 994. The predicted octanol–water partition coefficient (Wildman–Crippen LogP) is 2.19. The normalized spacial score (nSPS) is 23.8. The molecule has 0 saturated carbocycles. The second-order valence-corrected chi connectivity index (χ2v) is 8.95. The van der Waals surface area contributed by atoms with E-state index in [4.69, 9.17) is 0 Å². The van der Waals surface area contributed by atoms with Crippen molar-refractivity contribution in [2.75, 3.05) is 26.2 Å². The van der Waals surface area contributed by atoms with Gasteiger partial charge in [-0.2, -0.15) is 0 Å². The fourth-order valence-electron chi connectivity index (χ4n) is 5.31. The van der Waals surface area contributed by atoms with E-state index in [1.165, 1.54) is 31.5 Å². The summed E-state index contributed by atoms with van der Waals surface area (Å²) in [5, 5.41) is 9.42. The number of rotatable bonds is 3. The van der Waals surface area contributed by atoms with Gasteiger partial charge in [0.1, 0.15) is 11.4 Å². The smallest absolute Gasteiger partial charge is 0.272 e. The number of likely N-dealkylation sites (tertiary alicyclic amines) is 2. The predicted molar refractivity (Wildman–Crippen MR) is 112 cm³/mol. The minimum Gasteiger partial charge on any atom is -0.506 e. The summed E-state index contributed by atoms with van der Waals surface area (Å²) in [7, 11) is 0. The molecule has 2 bridgehead atoms. The van der Waals surface area contributed by atoms with Crippen LogP contribution in [0.15, 0.2) is 35.3 Å². The summed E-state index contributed by atoms with van der Waals surface area (Å²) in [6.45, 7) is 4.81. The Hall–Kier alpha value is -2.67. The van der Waals surface area contributed by atoms with Crippen LogP contribution in [0.5, 0.6) is 5.75 Å². The summed E-state index contributed by atoms with van der Waals surface area (Å²) in [6, 6.07) is 7.16. The van der Waals surface area contributed by atoms with Crippen LogP contribution >= 0.6 is 0 Å². The number of carbonyl (C=O) groups is 1. The number of hydrogen-bond donors (Lipinski definition) is 1. The number of amides is 1. The Morgan fingerprint density at radius 3 is 2.67 bits per heavy atom. The van der Waals surface area contributed by atoms with Crippen molar-refractivity contribution in [2.24, 2.45) is 5.92 Å². The topological polar surface area (TPSA) is 78.7 Å². The molecule has 2 fully saturated rings. The standard InChI is InChI=1S/C23H28N4O3/c28-19-5-6-20(24-11-19)23(30)26-12-16-10-18(15-26)21-7-4-17(22(29)27(21)13-16)14-25-8-2-1-3-9-25/h4-7,11,16,18,28H,1-3,8-10,12-15H2/t16-,18+/m0/s1. The second-order valence-electron chi connectivity index (χ2n) is 8.95. The van der Waals surface area contributed by atoms with Gasteiger partial charge in [0.2, 0.25) is 0 Å². The molecule has 2 atom stereocenters. The zero-order valence-corrected chi connectivity index (χ0v) is 17.2. The molecule has 0 aromatic carbocycles. The SMILES string of the molecule is O=C(c1ccc(O)cn1)N1C[C@@H]2C[C@H](C1)c1ccc(CN3CCCCC3)c(=O)n1C2. The van der Waals surface area contributed by atoms with Crippen LogP contribution < -0.4 is 5.56 Å². The lowest BCUT2D eigenvalue weighted by molar-refractivity contribution is 0.0588. The van der Waals surface area contributed by atoms with E-state index < -0.39 is 0 Å². The van der Waals surface area contributed by atoms with E-state index in [0.29, 0.717) is 25.3 Å². The van der Waals surface area contributed by atoms with Crippen LogP contribution in [0.4, 0.5) is 0 Å². The maximum atomic E-state index is 13.2. The van der Waals surface area contributed by atoms with Crippen LogP contribution in [-0.2, 0) is 13.1 Å². The van der Waals surface area contributed by atoms with E-state index in [9.17, 15) is 14.7 Å². The van der Waals surface area contributed by atoms with Crippen LogP contribution in [0.1, 0.15) is 53.3 Å². The van der Waals surface area contributed by atoms with Gasteiger partial charge in [0, 0.05) is 43.4 Å². The molecule has 2 aromatic heterocycles. The van der Waals surface area contributed by atoms with Crippen molar-refractivity contribution in [3.05, 3.63) is 57.8 Å². The van der Waals surface area contributed by atoms with Gasteiger partial charge >= 0.3 is 0 Å². The molecule has 3 aliphatic heterocycles. The Morgan fingerprint density at radius 1 is 1.07 bits per heavy atom. The van der Waals surface area contributed by atoms with Gasteiger partial charge < -0.3 is 14.6 Å². The van der Waals surface area contributed by atoms with Crippen LogP contribution in [0.25, 0.3) is 0 Å². The number of hydrogen-bond acceptors (Lipinski definition) is 5. The molecule has 1 amide bonds. The highest BCUT2D eigenvalue weighted by molar-refractivity contribution is 5.92. The lowest BCUT2D eigenvalue weighted by atomic mass is 9.82. The third kappa shape index (κ3) is 3.62. The lowest BCUT2D eigenvalue weighted by Gasteiger charge is -2.42. The van der Waals surface area contributed by atoms with Crippen LogP contribution in [0.3, 0.4) is 0 Å². The Morgan fingerprint density at radius 2 is 1.90 bits per heavy atom. The average molecular weight is 409 g/mol. The van der Waals surface area contributed by atoms with E-state index in [1.54, 1.807) is 6.07 Å². The molecule has 2 aromatic rings. The monoisotopic (exact) mass is 408 g/mol. The van der Waals surface area contributed by atoms with Crippen molar-refractivity contribution < 1.29 is 9.90 Å². The molecular weight excluding hydrogens is 380 g/mol. The molecule has 30 heavy (non-hydrogen) atoms. The highest BCUT2D eigenvalue weighted by Crippen LogP contribution is 2.35. The first-order valence-corrected chi connectivity index (χ1v) is 11.0. The van der Waals surface area contributed by atoms with Gasteiger partial charge in [-0.15, -0.1) is 0 Å². The van der Waals surface area contributed by atoms with Crippen LogP contribution in [-0.4, -0.2) is 56.5 Å². The van der Waals surface area contributed by atoms with Crippen molar-refractivity contribution >= 4 is 5.91 Å². The first kappa shape index (κ1) is 19.3. The molecule has 0 radical (unpaired) electrons. The Kier molecular flexibility index (Phi) is 5.06. The number of aromatic nitrogens is 2. The second kappa shape index (κ2) is 7.87. The number of nitrogens with zero attached hydrogens (tertiary/aromatic N) is 4. The Labute approximate surface area is 176 Å². The van der Waals surface area contributed by atoms with E-state index in [1.807, 2.05) is 15.5 Å². The number of pyridine rings is 2. The summed E-state index contributed by atoms with van der Waals surface area (Å²) in [5.41, 5.74) is 2.44. The van der Waals surface area contributed by atoms with E-state index in [2.05, 4.69) is 16.0 Å². The molecule has 0 unspecified atom stereocenters. The van der Waals surface area contributed by atoms with Crippen LogP contribution in [0.2, 0.25) is 0 Å². The molecule has 7 nitrogen and oxygen atoms in total. The first-order valence-electron chi connectivity index (χ1n) is 11.0. The maximum Gasteiger partial charge on any atom is 0.272 e. The van der Waals surface area contributed by atoms with Gasteiger partial charge in [0.15, 0.2) is 0 Å². The zero-order valence-electron chi connectivity index (χ0n) is 17.2. The molecule has 7 heteroatoms. The highest BCUT2D eigenvalue weighted by atomic mass is 16.3. The fraction of sp³-hybridized carbons (Fsp3) is 0.522. The number of aromatic hydroxyl groups is 1. The van der Waals surface area contributed by atoms with Crippen molar-refractivity contribution in [1.29, 1.82) is 0 Å². The molecule has 0 spiro atoms. The minimum atomic E-state index is -0.109. The molecule has 5 heterocycles. The third-order valence-corrected chi connectivity index (χ3v) is 6.78. The highest BCUT2D eigenvalue weighted by Gasteiger charge is 2.37. The minimum absolute atomic E-state index is 0.0516. The summed E-state index contributed by atoms with van der Waals surface area (Å²) in [4.78, 5) is 34.4. The summed E-state index contributed by atoms with van der Waals surface area (Å²) >= 11 is 0. The summed E-state index contributed by atoms with van der Waals surface area (Å²) in [6.07, 6.45) is 6.04. The average Bonchev–Trinajstić information content (AvgIpc) is 2.77. The molecule has 1 N–H and O–H groups in total. The quantitative estimate of drug-likeness (QED) is 0.842. The van der Waals surface area contributed by atoms with Crippen molar-refractivity contribution in [3.8, 4) is 5.75 Å².